The fourth-order valence-electron chi connectivity index (χ4n) is 1.57. The van der Waals surface area contributed by atoms with Gasteiger partial charge in [-0.05, 0) is 23.4 Å². The number of carboxylic acid groups (broad SMARTS) is 1. The van der Waals surface area contributed by atoms with E-state index in [4.69, 9.17) is 14.7 Å². The van der Waals surface area contributed by atoms with E-state index in [-0.39, 0.29) is 22.8 Å². The average molecular weight is 323 g/mol. The molecule has 116 valence electrons. The number of carbonyl (C=O) groups excluding carboxylic acids is 1. The minimum absolute atomic E-state index is 0.0442. The Bertz CT molecular complexity index is 635. The van der Waals surface area contributed by atoms with Crippen molar-refractivity contribution in [3.05, 3.63) is 41.3 Å². The van der Waals surface area contributed by atoms with Crippen molar-refractivity contribution in [3.8, 4) is 11.2 Å². The Morgan fingerprint density at radius 3 is 2.68 bits per heavy atom. The molecule has 0 aromatic heterocycles. The van der Waals surface area contributed by atoms with Gasteiger partial charge in [0.2, 0.25) is 5.76 Å². The maximum atomic E-state index is 11.6. The molecule has 22 heavy (non-hydrogen) atoms. The van der Waals surface area contributed by atoms with Crippen molar-refractivity contribution >= 4 is 23.7 Å². The van der Waals surface area contributed by atoms with Gasteiger partial charge in [0.15, 0.2) is 0 Å². The van der Waals surface area contributed by atoms with Gasteiger partial charge in [-0.15, -0.1) is 0 Å². The van der Waals surface area contributed by atoms with Gasteiger partial charge in [0, 0.05) is 5.75 Å². The standard InChI is InChI=1S/C14H13NO6S/c1-19-6-11(14(18)20-2)21-10-5-3-4-9(7-22-8-15)12(10)13(16)17/h3-6H,7H2,1-2H3,(H,16,17). The first-order valence-corrected chi connectivity index (χ1v) is 6.88. The lowest BCUT2D eigenvalue weighted by atomic mass is 10.1. The molecule has 0 aliphatic rings. The number of hydrogen-bond donors (Lipinski definition) is 1. The third kappa shape index (κ3) is 4.43. The van der Waals surface area contributed by atoms with E-state index in [1.165, 1.54) is 13.2 Å². The second-order valence-electron chi connectivity index (χ2n) is 3.79. The van der Waals surface area contributed by atoms with Crippen LogP contribution >= 0.6 is 11.8 Å². The van der Waals surface area contributed by atoms with Gasteiger partial charge in [-0.3, -0.25) is 0 Å². The fraction of sp³-hybridized carbons (Fsp3) is 0.214. The van der Waals surface area contributed by atoms with E-state index >= 15 is 0 Å². The second kappa shape index (κ2) is 8.59. The topological polar surface area (TPSA) is 106 Å². The third-order valence-electron chi connectivity index (χ3n) is 2.45. The summed E-state index contributed by atoms with van der Waals surface area (Å²) in [4.78, 5) is 23.0. The van der Waals surface area contributed by atoms with E-state index in [9.17, 15) is 14.7 Å². The molecule has 0 atom stereocenters. The van der Waals surface area contributed by atoms with Gasteiger partial charge < -0.3 is 19.3 Å². The number of ether oxygens (including phenoxy) is 3. The van der Waals surface area contributed by atoms with Crippen molar-refractivity contribution in [1.29, 1.82) is 5.26 Å². The second-order valence-corrected chi connectivity index (χ2v) is 4.55. The fourth-order valence-corrected chi connectivity index (χ4v) is 2.04. The van der Waals surface area contributed by atoms with Gasteiger partial charge in [0.25, 0.3) is 0 Å². The number of carbonyl (C=O) groups is 2. The van der Waals surface area contributed by atoms with Crippen LogP contribution in [0.5, 0.6) is 5.75 Å². The summed E-state index contributed by atoms with van der Waals surface area (Å²) in [5.41, 5.74) is 0.273. The number of benzene rings is 1. The van der Waals surface area contributed by atoms with Crippen LogP contribution in [0.3, 0.4) is 0 Å². The van der Waals surface area contributed by atoms with Crippen molar-refractivity contribution in [2.75, 3.05) is 14.2 Å². The van der Waals surface area contributed by atoms with Crippen LogP contribution in [0.4, 0.5) is 0 Å². The molecule has 0 fully saturated rings. The Hall–Kier alpha value is -2.66. The highest BCUT2D eigenvalue weighted by Gasteiger charge is 2.21. The third-order valence-corrected chi connectivity index (χ3v) is 3.03. The lowest BCUT2D eigenvalue weighted by Crippen LogP contribution is -2.14. The largest absolute Gasteiger partial charge is 0.500 e. The van der Waals surface area contributed by atoms with Crippen LogP contribution in [0, 0.1) is 10.7 Å². The first-order valence-electron chi connectivity index (χ1n) is 5.90. The number of aromatic carboxylic acids is 1. The monoisotopic (exact) mass is 323 g/mol. The first kappa shape index (κ1) is 17.4. The molecule has 0 unspecified atom stereocenters. The molecule has 0 aliphatic carbocycles. The van der Waals surface area contributed by atoms with Crippen LogP contribution in [-0.2, 0) is 20.0 Å². The smallest absolute Gasteiger partial charge is 0.377 e. The molecular formula is C14H13NO6S. The molecule has 0 amide bonds. The number of thiocyanates is 1. The molecule has 1 rings (SSSR count). The van der Waals surface area contributed by atoms with Crippen molar-refractivity contribution in [3.63, 3.8) is 0 Å². The molecule has 0 bridgehead atoms. The number of carboxylic acids is 1. The van der Waals surface area contributed by atoms with Gasteiger partial charge >= 0.3 is 11.9 Å². The Morgan fingerprint density at radius 1 is 1.41 bits per heavy atom. The summed E-state index contributed by atoms with van der Waals surface area (Å²) >= 11 is 0.897. The number of methoxy groups -OCH3 is 2. The lowest BCUT2D eigenvalue weighted by molar-refractivity contribution is -0.138. The van der Waals surface area contributed by atoms with E-state index in [0.29, 0.717) is 5.56 Å². The molecule has 0 radical (unpaired) electrons. The summed E-state index contributed by atoms with van der Waals surface area (Å²) in [6.45, 7) is 0. The zero-order valence-electron chi connectivity index (χ0n) is 11.9. The summed E-state index contributed by atoms with van der Waals surface area (Å²) in [6.07, 6.45) is 1.01. The Kier molecular flexibility index (Phi) is 6.79. The first-order chi connectivity index (χ1) is 10.5. The van der Waals surface area contributed by atoms with Crippen molar-refractivity contribution in [2.24, 2.45) is 0 Å². The zero-order chi connectivity index (χ0) is 16.5. The van der Waals surface area contributed by atoms with Gasteiger partial charge in [-0.2, -0.15) is 5.26 Å². The van der Waals surface area contributed by atoms with Gasteiger partial charge in [0.1, 0.15) is 23.0 Å². The number of rotatable bonds is 7. The van der Waals surface area contributed by atoms with Gasteiger partial charge in [-0.1, -0.05) is 12.1 Å². The molecule has 0 saturated heterocycles. The molecule has 0 aliphatic heterocycles. The Morgan fingerprint density at radius 2 is 2.14 bits per heavy atom. The minimum Gasteiger partial charge on any atom is -0.500 e. The molecule has 1 N–H and O–H groups in total. The summed E-state index contributed by atoms with van der Waals surface area (Å²) in [7, 11) is 2.47. The zero-order valence-corrected chi connectivity index (χ0v) is 12.7. The van der Waals surface area contributed by atoms with E-state index in [2.05, 4.69) is 4.74 Å². The Balaban J connectivity index is 3.23. The van der Waals surface area contributed by atoms with Crippen molar-refractivity contribution in [1.82, 2.24) is 0 Å². The molecule has 7 nitrogen and oxygen atoms in total. The molecule has 0 heterocycles. The number of hydrogen-bond acceptors (Lipinski definition) is 7. The normalized spacial score (nSPS) is 10.5. The van der Waals surface area contributed by atoms with Crippen LogP contribution in [0.1, 0.15) is 15.9 Å². The quantitative estimate of drug-likeness (QED) is 0.352. The van der Waals surface area contributed by atoms with Crippen LogP contribution < -0.4 is 4.74 Å². The maximum Gasteiger partial charge on any atom is 0.377 e. The predicted molar refractivity (Wildman–Crippen MR) is 78.0 cm³/mol. The van der Waals surface area contributed by atoms with Crippen molar-refractivity contribution < 1.29 is 28.9 Å². The van der Waals surface area contributed by atoms with E-state index < -0.39 is 11.9 Å². The predicted octanol–water partition coefficient (Wildman–Crippen LogP) is 2.14. The molecule has 1 aromatic carbocycles. The number of nitriles is 1. The van der Waals surface area contributed by atoms with E-state index in [1.54, 1.807) is 12.1 Å². The highest BCUT2D eigenvalue weighted by molar-refractivity contribution is 8.02. The summed E-state index contributed by atoms with van der Waals surface area (Å²) in [6, 6.07) is 4.53. The summed E-state index contributed by atoms with van der Waals surface area (Å²) < 4.78 is 14.5. The molecule has 8 heteroatoms. The van der Waals surface area contributed by atoms with Gasteiger partial charge in [0.05, 0.1) is 14.2 Å². The highest BCUT2D eigenvalue weighted by atomic mass is 32.2. The van der Waals surface area contributed by atoms with Crippen LogP contribution in [0.25, 0.3) is 0 Å². The number of thioether (sulfide) groups is 1. The molecule has 1 aromatic rings. The van der Waals surface area contributed by atoms with E-state index in [0.717, 1.165) is 25.1 Å². The van der Waals surface area contributed by atoms with Crippen molar-refractivity contribution in [2.45, 2.75) is 5.75 Å². The lowest BCUT2D eigenvalue weighted by Gasteiger charge is -2.12. The van der Waals surface area contributed by atoms with Crippen LogP contribution in [-0.4, -0.2) is 31.3 Å². The van der Waals surface area contributed by atoms with Crippen LogP contribution in [0.15, 0.2) is 30.2 Å². The summed E-state index contributed by atoms with van der Waals surface area (Å²) in [5.74, 6) is -2.20. The Labute approximate surface area is 131 Å². The number of esters is 1. The molecule has 0 spiro atoms. The number of nitrogens with zero attached hydrogens (tertiary/aromatic N) is 1. The SMILES string of the molecule is COC=C(Oc1cccc(CSC#N)c1C(=O)O)C(=O)OC. The average Bonchev–Trinajstić information content (AvgIpc) is 2.51. The maximum absolute atomic E-state index is 11.6. The summed E-state index contributed by atoms with van der Waals surface area (Å²) in [5, 5.41) is 19.8. The molecular weight excluding hydrogens is 310 g/mol. The van der Waals surface area contributed by atoms with E-state index in [1.807, 2.05) is 5.40 Å². The minimum atomic E-state index is -1.23. The highest BCUT2D eigenvalue weighted by Crippen LogP contribution is 2.27. The van der Waals surface area contributed by atoms with Crippen LogP contribution in [0.2, 0.25) is 0 Å². The molecule has 0 saturated carbocycles. The van der Waals surface area contributed by atoms with Gasteiger partial charge in [-0.25, -0.2) is 9.59 Å².